The number of hydrogen-bond acceptors (Lipinski definition) is 29. The number of nitrogens with one attached hydrogen (secondary N) is 8. The van der Waals surface area contributed by atoms with Gasteiger partial charge in [0.25, 0.3) is 0 Å². The summed E-state index contributed by atoms with van der Waals surface area (Å²) >= 11 is 14.6. The maximum atomic E-state index is 16.9. The number of amides is 7. The first-order valence-electron chi connectivity index (χ1n) is 46.1. The first-order valence-corrected chi connectivity index (χ1v) is 46.9. The van der Waals surface area contributed by atoms with Gasteiger partial charge in [0.2, 0.25) is 41.6 Å². The lowest BCUT2D eigenvalue weighted by atomic mass is 9.51. The van der Waals surface area contributed by atoms with E-state index in [1.807, 2.05) is 27.7 Å². The Bertz CT molecular complexity index is 5310. The Labute approximate surface area is 785 Å². The van der Waals surface area contributed by atoms with Crippen molar-refractivity contribution in [1.29, 1.82) is 0 Å². The molecule has 6 aromatic carbocycles. The van der Waals surface area contributed by atoms with Gasteiger partial charge in [-0.1, -0.05) is 76.0 Å². The van der Waals surface area contributed by atoms with Crippen molar-refractivity contribution in [2.75, 3.05) is 51.3 Å². The number of rotatable bonds is 28. The fraction of sp³-hybridized carbons (Fsp3) is 0.536. The van der Waals surface area contributed by atoms with E-state index in [1.54, 1.807) is 13.0 Å². The Hall–Kier alpha value is -10.4. The van der Waals surface area contributed by atoms with Crippen LogP contribution >= 0.6 is 23.2 Å². The van der Waals surface area contributed by atoms with Gasteiger partial charge in [0.05, 0.1) is 40.7 Å². The molecule has 6 aromatic rings. The number of nitrogens with two attached hydrogens (primary N) is 1. The number of benzene rings is 6. The number of aromatic hydroxyl groups is 3. The van der Waals surface area contributed by atoms with E-state index in [9.17, 15) is 55.5 Å². The van der Waals surface area contributed by atoms with E-state index in [-0.39, 0.29) is 123 Å². The number of carbonyl (C=O) groups excluding carboxylic acids is 9. The fourth-order valence-corrected chi connectivity index (χ4v) is 20.7. The van der Waals surface area contributed by atoms with Gasteiger partial charge in [-0.05, 0) is 215 Å². The second-order valence-electron chi connectivity index (χ2n) is 37.4. The first kappa shape index (κ1) is 99.6. The highest BCUT2D eigenvalue weighted by Gasteiger charge is 2.54. The predicted octanol–water partition coefficient (Wildman–Crippen LogP) is 9.09. The molecule has 35 nitrogen and oxygen atoms in total. The Morgan fingerprint density at radius 1 is 0.649 bits per heavy atom. The maximum Gasteiger partial charge on any atom is 0.325 e. The van der Waals surface area contributed by atoms with Crippen LogP contribution in [-0.2, 0) is 52.6 Å². The zero-order valence-electron chi connectivity index (χ0n) is 75.7. The smallest absolute Gasteiger partial charge is 0.325 e. The Morgan fingerprint density at radius 3 is 1.90 bits per heavy atom. The molecular weight excluding hydrogens is 1780 g/mol. The molecule has 7 amide bonds. The number of anilines is 1. The molecule has 15 bridgehead atoms. The molecule has 0 unspecified atom stereocenters. The molecule has 0 radical (unpaired) electrons. The van der Waals surface area contributed by atoms with Crippen molar-refractivity contribution < 1.29 is 127 Å². The van der Waals surface area contributed by atoms with E-state index < -0.39 is 228 Å². The Morgan fingerprint density at radius 2 is 1.28 bits per heavy atom. The van der Waals surface area contributed by atoms with Crippen LogP contribution in [0.3, 0.4) is 0 Å². The summed E-state index contributed by atoms with van der Waals surface area (Å²) in [6.07, 6.45) is -14.1. The number of aliphatic hydroxyl groups excluding tert-OH is 6. The van der Waals surface area contributed by atoms with Crippen LogP contribution in [0.2, 0.25) is 10.0 Å². The second-order valence-corrected chi connectivity index (χ2v) is 38.2. The number of Topliss-reactive ketones (excluding diaryl/α,β-unsaturated/α-hetero) is 3. The number of phenols is 3. The van der Waals surface area contributed by atoms with Crippen LogP contribution in [0.5, 0.6) is 57.5 Å². The van der Waals surface area contributed by atoms with E-state index in [0.717, 1.165) is 81.8 Å². The third-order valence-corrected chi connectivity index (χ3v) is 27.5. The number of imide groups is 1. The van der Waals surface area contributed by atoms with Crippen molar-refractivity contribution in [3.63, 3.8) is 0 Å². The van der Waals surface area contributed by atoms with E-state index in [4.69, 9.17) is 66.8 Å². The number of phenolic OH excluding ortho intramolecular Hbond substituents is 3. The average molecular weight is 1900 g/mol. The lowest BCUT2D eigenvalue weighted by molar-refractivity contribution is -0.333. The standard InChI is InChI=1S/C97H121Cl2N9O26/c1-8-19-101-21-23-127-72-18-14-57(38-73(72)128-24-22-102-20-9-2)103-96(126)104-77(116)37-56-34-67(113)82(107-91(122)49(10-3)25-45(4)5)84(117)51-12-16-70(63(98)32-51)130-74-35-55-36-75(88(74)134-95-89(87(120)86(119)76(44-109)132-95)133-78-43-97(7,100)90(121)46(6)129-78)131-71-17-13-52(33-64(71)99)85(118)83-94(125)106-81(69(115)41-59-53-27-47-26-48(29-53)30-54(59)28-47)62-39-58(110)40-66(112)79(62)61-31-50(11-15-65(61)111)60(93(124)108-83)42-68(114)80(55)105-92(56)123/h11-18,31-33,35-36,38-40,45-49,53-54,56,59-60,76,78,80-87,89-90,95,101-102,109-112,117-121H,8-10,19-30,34,37,41-44,100H2,1-7H3,(H,105,123)(H,106,125)(H,107,122)(H,108,124)(H2,103,104,116,126)/t46-,47?,48?,49+,53?,54?,56-,59?,60+,76+,78-,80+,81-,82-,83-,84+,85+,86+,87-,89+,90+,95-,97-/m0/s1. The van der Waals surface area contributed by atoms with Crippen LogP contribution in [0, 0.1) is 47.3 Å². The van der Waals surface area contributed by atoms with Crippen molar-refractivity contribution in [1.82, 2.24) is 37.2 Å². The number of halogens is 2. The number of carbonyl (C=O) groups is 9. The first-order chi connectivity index (χ1) is 64.0. The average Bonchev–Trinajstić information content (AvgIpc) is 0.759. The van der Waals surface area contributed by atoms with Crippen LogP contribution < -0.4 is 72.0 Å². The van der Waals surface area contributed by atoms with E-state index in [1.165, 1.54) is 74.5 Å². The third kappa shape index (κ3) is 22.8. The SMILES string of the molecule is CCCNCCOc1ccc(NC(=O)NC(=O)C[C@@H]2CC(=O)[C@H](NC(=O)[C@H](CC)CC(C)C)[C@H](O)c3ccc(c(Cl)c3)Oc3cc4cc(c3O[C@@H]3O[C@H](CO)[C@@H](O)[C@H](O)[C@H]3O[C@H]3C[C@](C)(N)[C@H](O)[C@H](C)O3)Oc3ccc(cc3Cl)[C@@H](O)[C@@H]3NC(=O)[C@H](CC(=O)[C@@H]4NC2=O)c2ccc(O)c(c2)-c2c(O)cc(O)cc2[C@@H](C(=O)CC2C4CC5CC(C4)CC2C5)NC3=O)cc1OCCNCCC. The zero-order valence-corrected chi connectivity index (χ0v) is 77.2. The summed E-state index contributed by atoms with van der Waals surface area (Å²) in [5.74, 6) is -16.0. The molecule has 37 heteroatoms. The van der Waals surface area contributed by atoms with Crippen LogP contribution in [0.1, 0.15) is 196 Å². The van der Waals surface area contributed by atoms with Gasteiger partial charge in [-0.25, -0.2) is 4.79 Å². The molecule has 19 N–H and O–H groups in total. The predicted molar refractivity (Wildman–Crippen MR) is 487 cm³/mol. The molecule has 11 aliphatic rings. The molecule has 724 valence electrons. The van der Waals surface area contributed by atoms with Gasteiger partial charge in [-0.2, -0.15) is 0 Å². The van der Waals surface area contributed by atoms with Gasteiger partial charge in [-0.3, -0.25) is 43.7 Å². The van der Waals surface area contributed by atoms with Crippen LogP contribution in [-0.4, -0.2) is 212 Å². The van der Waals surface area contributed by atoms with Gasteiger partial charge in [0.15, 0.2) is 52.7 Å². The molecule has 7 heterocycles. The molecule has 4 saturated carbocycles. The quantitative estimate of drug-likeness (QED) is 0.0203. The molecule has 4 aliphatic carbocycles. The molecule has 0 aromatic heterocycles. The van der Waals surface area contributed by atoms with Crippen LogP contribution in [0.4, 0.5) is 10.5 Å². The minimum absolute atomic E-state index is 0.0675. The molecule has 17 rings (SSSR count). The number of ether oxygens (including phenoxy) is 8. The largest absolute Gasteiger partial charge is 0.508 e. The van der Waals surface area contributed by atoms with E-state index in [0.29, 0.717) is 43.6 Å². The van der Waals surface area contributed by atoms with E-state index in [2.05, 4.69) is 42.5 Å². The summed E-state index contributed by atoms with van der Waals surface area (Å²) < 4.78 is 51.6. The third-order valence-electron chi connectivity index (χ3n) is 26.9. The minimum Gasteiger partial charge on any atom is -0.508 e. The fourth-order valence-electron chi connectivity index (χ4n) is 20.2. The lowest BCUT2D eigenvalue weighted by Gasteiger charge is -2.54. The maximum absolute atomic E-state index is 16.9. The van der Waals surface area contributed by atoms with Crippen LogP contribution in [0.25, 0.3) is 11.1 Å². The summed E-state index contributed by atoms with van der Waals surface area (Å²) in [6, 6.07) is 10.4. The Kier molecular flexibility index (Phi) is 32.2. The van der Waals surface area contributed by atoms with Crippen molar-refractivity contribution in [3.8, 4) is 68.6 Å². The van der Waals surface area contributed by atoms with Gasteiger partial charge >= 0.3 is 6.03 Å². The van der Waals surface area contributed by atoms with Gasteiger partial charge in [0.1, 0.15) is 96.6 Å². The number of aliphatic hydroxyl groups is 6. The highest BCUT2D eigenvalue weighted by Crippen LogP contribution is 2.59. The summed E-state index contributed by atoms with van der Waals surface area (Å²) in [5, 5.41) is 129. The minimum atomic E-state index is -2.28. The van der Waals surface area contributed by atoms with Crippen molar-refractivity contribution >= 4 is 81.8 Å². The number of fused-ring (bicyclic) bond motifs is 15. The summed E-state index contributed by atoms with van der Waals surface area (Å²) in [4.78, 5) is 141. The molecule has 18 atom stereocenters. The normalized spacial score (nSPS) is 29.2. The summed E-state index contributed by atoms with van der Waals surface area (Å²) in [5.41, 5.74) is 3.59. The van der Waals surface area contributed by atoms with Crippen molar-refractivity contribution in [2.45, 2.75) is 235 Å². The number of ketones is 3. The van der Waals surface area contributed by atoms with Crippen molar-refractivity contribution in [2.24, 2.45) is 53.1 Å². The molecule has 0 spiro atoms. The highest BCUT2D eigenvalue weighted by atomic mass is 35.5. The highest BCUT2D eigenvalue weighted by molar-refractivity contribution is 6.32. The molecular formula is C97H121Cl2N9O26. The van der Waals surface area contributed by atoms with Crippen molar-refractivity contribution in [3.05, 3.63) is 135 Å². The molecule has 134 heavy (non-hydrogen) atoms. The van der Waals surface area contributed by atoms with Crippen LogP contribution in [0.15, 0.2) is 97.1 Å². The Balaban J connectivity index is 0.939. The number of urea groups is 1. The van der Waals surface area contributed by atoms with Gasteiger partial charge in [0, 0.05) is 85.6 Å². The second kappa shape index (κ2) is 43.3. The molecule has 7 aliphatic heterocycles. The van der Waals surface area contributed by atoms with Gasteiger partial charge < -0.3 is 127 Å². The monoisotopic (exact) mass is 1900 g/mol. The van der Waals surface area contributed by atoms with E-state index >= 15 is 33.6 Å². The summed E-state index contributed by atoms with van der Waals surface area (Å²) in [6.45, 7) is 14.4. The number of hydrogen-bond donors (Lipinski definition) is 18. The summed E-state index contributed by atoms with van der Waals surface area (Å²) in [7, 11) is 0. The lowest BCUT2D eigenvalue weighted by Crippen LogP contribution is -2.64. The molecule has 2 saturated heterocycles. The topological polar surface area (TPSA) is 532 Å². The molecule has 6 fully saturated rings. The zero-order chi connectivity index (χ0) is 96.0. The van der Waals surface area contributed by atoms with Gasteiger partial charge in [-0.15, -0.1) is 0 Å².